The van der Waals surface area contributed by atoms with E-state index >= 15 is 0 Å². The molecule has 3 nitrogen and oxygen atoms in total. The van der Waals surface area contributed by atoms with Crippen LogP contribution in [0.5, 0.6) is 5.75 Å². The summed E-state index contributed by atoms with van der Waals surface area (Å²) in [7, 11) is 0. The summed E-state index contributed by atoms with van der Waals surface area (Å²) in [6.07, 6.45) is 0. The maximum Gasteiger partial charge on any atom is 0.116 e. The molecule has 0 aliphatic heterocycles. The van der Waals surface area contributed by atoms with Crippen LogP contribution >= 0.6 is 11.3 Å². The second-order valence-corrected chi connectivity index (χ2v) is 3.63. The number of aromatic hydroxyl groups is 1. The topological polar surface area (TPSA) is 49.7 Å². The van der Waals surface area contributed by atoms with E-state index in [9.17, 15) is 5.11 Å². The maximum absolute atomic E-state index is 9.24. The Bertz CT molecular complexity index is 422. The monoisotopic (exact) mass is 196 g/mol. The average Bonchev–Trinajstić information content (AvgIpc) is 2.49. The van der Waals surface area contributed by atoms with Crippen molar-refractivity contribution in [2.45, 2.75) is 6.61 Å². The van der Waals surface area contributed by atoms with Crippen molar-refractivity contribution in [1.82, 2.24) is 0 Å². The van der Waals surface area contributed by atoms with Gasteiger partial charge in [0.2, 0.25) is 0 Å². The molecule has 2 rings (SSSR count). The Balaban J connectivity index is 2.58. The van der Waals surface area contributed by atoms with E-state index in [4.69, 9.17) is 5.26 Å². The third kappa shape index (κ3) is 1.51. The lowest BCUT2D eigenvalue weighted by Gasteiger charge is -1.96. The van der Waals surface area contributed by atoms with Crippen LogP contribution in [0.15, 0.2) is 23.6 Å². The van der Waals surface area contributed by atoms with Gasteiger partial charge in [-0.25, -0.2) is 4.89 Å². The Morgan fingerprint density at radius 2 is 2.23 bits per heavy atom. The Morgan fingerprint density at radius 1 is 1.38 bits per heavy atom. The second-order valence-electron chi connectivity index (χ2n) is 2.71. The highest BCUT2D eigenvalue weighted by molar-refractivity contribution is 7.17. The van der Waals surface area contributed by atoms with Crippen LogP contribution in [0.3, 0.4) is 0 Å². The van der Waals surface area contributed by atoms with E-state index in [1.54, 1.807) is 23.5 Å². The van der Waals surface area contributed by atoms with Crippen molar-refractivity contribution in [3.8, 4) is 5.75 Å². The highest BCUT2D eigenvalue weighted by atomic mass is 32.1. The van der Waals surface area contributed by atoms with E-state index in [0.29, 0.717) is 0 Å². The van der Waals surface area contributed by atoms with Gasteiger partial charge in [-0.2, -0.15) is 0 Å². The molecule has 0 aliphatic carbocycles. The first-order valence-electron chi connectivity index (χ1n) is 3.76. The number of rotatable bonds is 2. The molecule has 4 heteroatoms. The summed E-state index contributed by atoms with van der Waals surface area (Å²) < 4.78 is 1.07. The molecular weight excluding hydrogens is 188 g/mol. The minimum atomic E-state index is 0.156. The van der Waals surface area contributed by atoms with E-state index in [0.717, 1.165) is 15.6 Å². The molecule has 2 N–H and O–H groups in total. The molecule has 2 aromatic rings. The van der Waals surface area contributed by atoms with Crippen molar-refractivity contribution >= 4 is 21.4 Å². The van der Waals surface area contributed by atoms with Crippen LogP contribution in [0, 0.1) is 0 Å². The fraction of sp³-hybridized carbons (Fsp3) is 0.111. The molecule has 1 aromatic carbocycles. The number of phenols is 1. The summed E-state index contributed by atoms with van der Waals surface area (Å²) in [6.45, 7) is 0.156. The largest absolute Gasteiger partial charge is 0.508 e. The van der Waals surface area contributed by atoms with Gasteiger partial charge < -0.3 is 5.11 Å². The van der Waals surface area contributed by atoms with Crippen LogP contribution in [0.2, 0.25) is 0 Å². The van der Waals surface area contributed by atoms with Gasteiger partial charge in [0.25, 0.3) is 0 Å². The van der Waals surface area contributed by atoms with Crippen LogP contribution < -0.4 is 0 Å². The molecule has 0 saturated carbocycles. The molecule has 0 unspecified atom stereocenters. The van der Waals surface area contributed by atoms with E-state index in [-0.39, 0.29) is 12.4 Å². The molecule has 0 amide bonds. The van der Waals surface area contributed by atoms with Gasteiger partial charge in [0.1, 0.15) is 12.4 Å². The SMILES string of the molecule is OOCc1csc2ccc(O)cc12. The fourth-order valence-corrected chi connectivity index (χ4v) is 2.18. The minimum absolute atomic E-state index is 0.156. The van der Waals surface area contributed by atoms with E-state index in [1.807, 2.05) is 11.4 Å². The predicted octanol–water partition coefficient (Wildman–Crippen LogP) is 2.60. The zero-order valence-electron chi connectivity index (χ0n) is 6.73. The van der Waals surface area contributed by atoms with Crippen LogP contribution in [0.1, 0.15) is 5.56 Å². The second kappa shape index (κ2) is 3.33. The van der Waals surface area contributed by atoms with E-state index in [1.165, 1.54) is 0 Å². The van der Waals surface area contributed by atoms with Gasteiger partial charge in [0.15, 0.2) is 0 Å². The van der Waals surface area contributed by atoms with Crippen LogP contribution in [0.4, 0.5) is 0 Å². The highest BCUT2D eigenvalue weighted by Gasteiger charge is 2.04. The van der Waals surface area contributed by atoms with Gasteiger partial charge in [-0.3, -0.25) is 5.26 Å². The van der Waals surface area contributed by atoms with Gasteiger partial charge in [-0.1, -0.05) is 0 Å². The first-order chi connectivity index (χ1) is 6.31. The molecule has 0 bridgehead atoms. The third-order valence-electron chi connectivity index (χ3n) is 1.86. The Hall–Kier alpha value is -1.10. The summed E-state index contributed by atoms with van der Waals surface area (Å²) in [4.78, 5) is 4.06. The Labute approximate surface area is 78.7 Å². The van der Waals surface area contributed by atoms with Gasteiger partial charge >= 0.3 is 0 Å². The van der Waals surface area contributed by atoms with E-state index in [2.05, 4.69) is 4.89 Å². The van der Waals surface area contributed by atoms with Crippen molar-refractivity contribution in [1.29, 1.82) is 0 Å². The van der Waals surface area contributed by atoms with Crippen LogP contribution in [-0.4, -0.2) is 10.4 Å². The molecule has 0 fully saturated rings. The summed E-state index contributed by atoms with van der Waals surface area (Å²) in [5.74, 6) is 0.227. The quantitative estimate of drug-likeness (QED) is 0.573. The number of fused-ring (bicyclic) bond motifs is 1. The maximum atomic E-state index is 9.24. The molecular formula is C9H8O3S. The third-order valence-corrected chi connectivity index (χ3v) is 2.87. The van der Waals surface area contributed by atoms with Crippen molar-refractivity contribution in [3.63, 3.8) is 0 Å². The van der Waals surface area contributed by atoms with Gasteiger partial charge in [-0.15, -0.1) is 11.3 Å². The van der Waals surface area contributed by atoms with Crippen LogP contribution in [0.25, 0.3) is 10.1 Å². The number of thiophene rings is 1. The lowest BCUT2D eigenvalue weighted by atomic mass is 10.2. The molecule has 0 aliphatic rings. The van der Waals surface area contributed by atoms with Gasteiger partial charge in [-0.05, 0) is 29.1 Å². The van der Waals surface area contributed by atoms with Crippen molar-refractivity contribution < 1.29 is 15.3 Å². The molecule has 0 radical (unpaired) electrons. The number of hydrogen-bond acceptors (Lipinski definition) is 4. The summed E-state index contributed by atoms with van der Waals surface area (Å²) in [5, 5.41) is 20.4. The van der Waals surface area contributed by atoms with E-state index < -0.39 is 0 Å². The molecule has 0 spiro atoms. The first-order valence-corrected chi connectivity index (χ1v) is 4.64. The molecule has 0 saturated heterocycles. The molecule has 13 heavy (non-hydrogen) atoms. The minimum Gasteiger partial charge on any atom is -0.508 e. The first kappa shape index (κ1) is 8.50. The fourth-order valence-electron chi connectivity index (χ4n) is 1.25. The van der Waals surface area contributed by atoms with Crippen LogP contribution in [-0.2, 0) is 11.5 Å². The van der Waals surface area contributed by atoms with Gasteiger partial charge in [0.05, 0.1) is 0 Å². The number of benzene rings is 1. The molecule has 1 aromatic heterocycles. The number of hydrogen-bond donors (Lipinski definition) is 2. The van der Waals surface area contributed by atoms with Crippen molar-refractivity contribution in [2.75, 3.05) is 0 Å². The zero-order valence-corrected chi connectivity index (χ0v) is 7.54. The Morgan fingerprint density at radius 3 is 3.00 bits per heavy atom. The van der Waals surface area contributed by atoms with Gasteiger partial charge in [0, 0.05) is 10.1 Å². The highest BCUT2D eigenvalue weighted by Crippen LogP contribution is 2.29. The average molecular weight is 196 g/mol. The molecule has 0 atom stereocenters. The predicted molar refractivity (Wildman–Crippen MR) is 50.9 cm³/mol. The van der Waals surface area contributed by atoms with Crippen molar-refractivity contribution in [2.24, 2.45) is 0 Å². The molecule has 1 heterocycles. The zero-order chi connectivity index (χ0) is 9.26. The molecule has 68 valence electrons. The summed E-state index contributed by atoms with van der Waals surface area (Å²) in [6, 6.07) is 5.15. The standard InChI is InChI=1S/C9H8O3S/c10-7-1-2-9-8(3-7)6(4-12-11)5-13-9/h1-3,5,10-11H,4H2. The summed E-state index contributed by atoms with van der Waals surface area (Å²) >= 11 is 1.56. The number of phenolic OH excluding ortho intramolecular Hbond substituents is 1. The smallest absolute Gasteiger partial charge is 0.116 e. The lowest BCUT2D eigenvalue weighted by molar-refractivity contribution is -0.252. The normalized spacial score (nSPS) is 10.8. The van der Waals surface area contributed by atoms with Crippen molar-refractivity contribution in [3.05, 3.63) is 29.1 Å². The summed E-state index contributed by atoms with van der Waals surface area (Å²) in [5.41, 5.74) is 0.887. The Kier molecular flexibility index (Phi) is 2.18. The lowest BCUT2D eigenvalue weighted by Crippen LogP contribution is -1.84.